The van der Waals surface area contributed by atoms with Crippen LogP contribution in [-0.4, -0.2) is 58.2 Å². The van der Waals surface area contributed by atoms with Crippen molar-refractivity contribution in [1.29, 1.82) is 0 Å². The molecule has 2 aromatic rings. The van der Waals surface area contributed by atoms with Gasteiger partial charge in [0.15, 0.2) is 5.43 Å². The summed E-state index contributed by atoms with van der Waals surface area (Å²) in [6.07, 6.45) is 1.88. The molecular weight excluding hydrogens is 379 g/mol. The molecule has 0 saturated carbocycles. The summed E-state index contributed by atoms with van der Waals surface area (Å²) >= 11 is 0. The SMILES string of the molecule is Cc1cc(=O)c(C(=O)N2CC(Oc3ccc4c(c3C(=O)O)OB(O)CC4)C2)c[nH]1. The molecule has 0 bridgehead atoms. The van der Waals surface area contributed by atoms with Crippen LogP contribution in [0.15, 0.2) is 29.2 Å². The van der Waals surface area contributed by atoms with Gasteiger partial charge in [-0.3, -0.25) is 9.59 Å². The Morgan fingerprint density at radius 1 is 1.34 bits per heavy atom. The topological polar surface area (TPSA) is 129 Å². The molecule has 1 aromatic carbocycles. The van der Waals surface area contributed by atoms with Crippen molar-refractivity contribution in [2.75, 3.05) is 13.1 Å². The molecule has 0 spiro atoms. The van der Waals surface area contributed by atoms with Gasteiger partial charge in [-0.05, 0) is 31.3 Å². The van der Waals surface area contributed by atoms with Gasteiger partial charge in [0.05, 0.1) is 13.1 Å². The lowest BCUT2D eigenvalue weighted by Gasteiger charge is -2.39. The molecule has 4 rings (SSSR count). The van der Waals surface area contributed by atoms with E-state index in [0.29, 0.717) is 24.0 Å². The van der Waals surface area contributed by atoms with Crippen LogP contribution < -0.4 is 14.8 Å². The van der Waals surface area contributed by atoms with Crippen LogP contribution >= 0.6 is 0 Å². The number of carboxylic acid groups (broad SMARTS) is 1. The third kappa shape index (κ3) is 3.58. The average Bonchev–Trinajstić information content (AvgIpc) is 2.63. The number of benzene rings is 1. The number of nitrogens with one attached hydrogen (secondary N) is 1. The Labute approximate surface area is 166 Å². The molecule has 9 nitrogen and oxygen atoms in total. The molecule has 1 fully saturated rings. The Morgan fingerprint density at radius 3 is 2.79 bits per heavy atom. The van der Waals surface area contributed by atoms with Crippen LogP contribution in [0.2, 0.25) is 6.32 Å². The Balaban J connectivity index is 1.48. The number of hydrogen-bond acceptors (Lipinski definition) is 6. The van der Waals surface area contributed by atoms with Crippen LogP contribution in [0, 0.1) is 6.92 Å². The summed E-state index contributed by atoms with van der Waals surface area (Å²) < 4.78 is 11.1. The van der Waals surface area contributed by atoms with Crippen molar-refractivity contribution in [1.82, 2.24) is 9.88 Å². The highest BCUT2D eigenvalue weighted by molar-refractivity contribution is 6.44. The predicted octanol–water partition coefficient (Wildman–Crippen LogP) is 0.700. The minimum atomic E-state index is -1.22. The highest BCUT2D eigenvalue weighted by Crippen LogP contribution is 2.37. The van der Waals surface area contributed by atoms with Crippen molar-refractivity contribution in [3.8, 4) is 11.5 Å². The number of fused-ring (bicyclic) bond motifs is 1. The number of aromatic carboxylic acids is 1. The molecule has 2 aliphatic rings. The van der Waals surface area contributed by atoms with Crippen LogP contribution in [0.4, 0.5) is 0 Å². The van der Waals surface area contributed by atoms with Crippen LogP contribution in [0.3, 0.4) is 0 Å². The van der Waals surface area contributed by atoms with Crippen LogP contribution in [-0.2, 0) is 6.42 Å². The zero-order valence-corrected chi connectivity index (χ0v) is 15.7. The minimum absolute atomic E-state index is 0.0523. The van der Waals surface area contributed by atoms with E-state index in [0.717, 1.165) is 0 Å². The van der Waals surface area contributed by atoms with Gasteiger partial charge in [0.1, 0.15) is 28.7 Å². The first-order chi connectivity index (χ1) is 13.8. The molecule has 0 atom stereocenters. The summed E-state index contributed by atoms with van der Waals surface area (Å²) in [6.45, 7) is 2.18. The monoisotopic (exact) mass is 398 g/mol. The van der Waals surface area contributed by atoms with Crippen molar-refractivity contribution in [3.05, 3.63) is 57.0 Å². The van der Waals surface area contributed by atoms with E-state index in [1.165, 1.54) is 17.2 Å². The van der Waals surface area contributed by atoms with Gasteiger partial charge in [-0.1, -0.05) is 6.07 Å². The second-order valence-corrected chi connectivity index (χ2v) is 7.19. The van der Waals surface area contributed by atoms with Crippen molar-refractivity contribution in [2.45, 2.75) is 25.8 Å². The summed E-state index contributed by atoms with van der Waals surface area (Å²) in [5, 5.41) is 19.3. The summed E-state index contributed by atoms with van der Waals surface area (Å²) in [5.41, 5.74) is 0.924. The molecule has 0 aliphatic carbocycles. The maximum Gasteiger partial charge on any atom is 0.522 e. The second kappa shape index (κ2) is 7.29. The van der Waals surface area contributed by atoms with Crippen LogP contribution in [0.25, 0.3) is 0 Å². The smallest absolute Gasteiger partial charge is 0.522 e. The van der Waals surface area contributed by atoms with Crippen LogP contribution in [0.1, 0.15) is 32.0 Å². The number of amides is 1. The van der Waals surface area contributed by atoms with Crippen molar-refractivity contribution in [3.63, 3.8) is 0 Å². The number of ether oxygens (including phenoxy) is 1. The van der Waals surface area contributed by atoms with Gasteiger partial charge in [0.25, 0.3) is 5.91 Å². The standard InChI is InChI=1S/C19H19BN2O7/c1-10-6-14(23)13(7-21-10)18(24)22-8-12(9-22)28-15-3-2-11-4-5-20(27)29-17(11)16(15)19(25)26/h2-3,6-7,12,27H,4-5,8-9H2,1H3,(H,21,23)(H,25,26). The van der Waals surface area contributed by atoms with Crippen molar-refractivity contribution >= 4 is 19.0 Å². The average molecular weight is 398 g/mol. The largest absolute Gasteiger partial charge is 0.535 e. The number of carbonyl (C=O) groups is 2. The molecule has 3 heterocycles. The van der Waals surface area contributed by atoms with E-state index in [2.05, 4.69) is 4.98 Å². The van der Waals surface area contributed by atoms with Gasteiger partial charge in [-0.15, -0.1) is 0 Å². The van der Waals surface area contributed by atoms with Gasteiger partial charge in [0.2, 0.25) is 0 Å². The highest BCUT2D eigenvalue weighted by atomic mass is 16.5. The number of carbonyl (C=O) groups excluding carboxylic acids is 1. The maximum absolute atomic E-state index is 12.5. The van der Waals surface area contributed by atoms with E-state index >= 15 is 0 Å². The lowest BCUT2D eigenvalue weighted by Crippen LogP contribution is -2.56. The number of rotatable bonds is 4. The number of aromatic nitrogens is 1. The summed E-state index contributed by atoms with van der Waals surface area (Å²) in [5.74, 6) is -1.38. The van der Waals surface area contributed by atoms with E-state index in [-0.39, 0.29) is 41.1 Å². The molecule has 29 heavy (non-hydrogen) atoms. The maximum atomic E-state index is 12.5. The Kier molecular flexibility index (Phi) is 4.79. The van der Waals surface area contributed by atoms with E-state index in [1.54, 1.807) is 19.1 Å². The zero-order valence-electron chi connectivity index (χ0n) is 15.7. The number of nitrogens with zero attached hydrogens (tertiary/aromatic N) is 1. The number of pyridine rings is 1. The molecule has 10 heteroatoms. The van der Waals surface area contributed by atoms with Crippen LogP contribution in [0.5, 0.6) is 11.5 Å². The highest BCUT2D eigenvalue weighted by Gasteiger charge is 2.36. The van der Waals surface area contributed by atoms with Gasteiger partial charge in [-0.25, -0.2) is 4.79 Å². The van der Waals surface area contributed by atoms with E-state index in [9.17, 15) is 24.5 Å². The Morgan fingerprint density at radius 2 is 2.10 bits per heavy atom. The van der Waals surface area contributed by atoms with Gasteiger partial charge in [0, 0.05) is 18.0 Å². The molecule has 1 aromatic heterocycles. The summed E-state index contributed by atoms with van der Waals surface area (Å²) in [4.78, 5) is 40.5. The third-order valence-electron chi connectivity index (χ3n) is 5.05. The molecule has 0 unspecified atom stereocenters. The van der Waals surface area contributed by atoms with Crippen molar-refractivity contribution in [2.24, 2.45) is 0 Å². The fraction of sp³-hybridized carbons (Fsp3) is 0.316. The first kappa shape index (κ1) is 19.1. The molecule has 0 radical (unpaired) electrons. The number of aromatic amines is 1. The molecule has 1 amide bonds. The van der Waals surface area contributed by atoms with Gasteiger partial charge >= 0.3 is 13.1 Å². The number of H-pyrrole nitrogens is 1. The predicted molar refractivity (Wildman–Crippen MR) is 103 cm³/mol. The number of likely N-dealkylation sites (tertiary alicyclic amines) is 1. The Hall–Kier alpha value is -3.27. The molecule has 3 N–H and O–H groups in total. The minimum Gasteiger partial charge on any atom is -0.535 e. The summed E-state index contributed by atoms with van der Waals surface area (Å²) in [7, 11) is -1.06. The van der Waals surface area contributed by atoms with E-state index < -0.39 is 25.1 Å². The van der Waals surface area contributed by atoms with Crippen molar-refractivity contribution < 1.29 is 29.1 Å². The first-order valence-electron chi connectivity index (χ1n) is 9.22. The lowest BCUT2D eigenvalue weighted by atomic mass is 9.78. The quantitative estimate of drug-likeness (QED) is 0.647. The molecular formula is C19H19BN2O7. The normalized spacial score (nSPS) is 15.9. The first-order valence-corrected chi connectivity index (χ1v) is 9.22. The number of hydrogen-bond donors (Lipinski definition) is 3. The Bertz CT molecular complexity index is 1050. The van der Waals surface area contributed by atoms with Gasteiger partial charge in [-0.2, -0.15) is 0 Å². The fourth-order valence-corrected chi connectivity index (χ4v) is 3.48. The number of carboxylic acids is 1. The number of aryl methyl sites for hydroxylation is 2. The summed E-state index contributed by atoms with van der Waals surface area (Å²) in [6, 6.07) is 4.65. The molecule has 150 valence electrons. The van der Waals surface area contributed by atoms with E-state index in [1.807, 2.05) is 0 Å². The zero-order chi connectivity index (χ0) is 20.7. The second-order valence-electron chi connectivity index (χ2n) is 7.19. The lowest BCUT2D eigenvalue weighted by molar-refractivity contribution is 0.0168. The van der Waals surface area contributed by atoms with E-state index in [4.69, 9.17) is 9.39 Å². The molecule has 1 saturated heterocycles. The molecule has 2 aliphatic heterocycles. The van der Waals surface area contributed by atoms with Gasteiger partial charge < -0.3 is 29.4 Å². The third-order valence-corrected chi connectivity index (χ3v) is 5.05. The fourth-order valence-electron chi connectivity index (χ4n) is 3.48.